The molecule has 1 fully saturated rings. The fraction of sp³-hybridized carbons (Fsp3) is 0.105. The fourth-order valence-electron chi connectivity index (χ4n) is 2.46. The number of halogens is 1. The number of amides is 2. The number of rotatable bonds is 5. The summed E-state index contributed by atoms with van der Waals surface area (Å²) in [6, 6.07) is 11.8. The largest absolute Gasteiger partial charge is 0.497 e. The summed E-state index contributed by atoms with van der Waals surface area (Å²) in [6.45, 7) is 0. The Morgan fingerprint density at radius 2 is 1.96 bits per heavy atom. The lowest BCUT2D eigenvalue weighted by Crippen LogP contribution is -2.44. The van der Waals surface area contributed by atoms with E-state index in [1.54, 1.807) is 55.7 Å². The monoisotopic (exact) mass is 434 g/mol. The van der Waals surface area contributed by atoms with E-state index in [1.807, 2.05) is 0 Å². The number of hydrogen-bond donors (Lipinski definition) is 1. The van der Waals surface area contributed by atoms with Crippen molar-refractivity contribution in [3.05, 3.63) is 63.5 Å². The molecule has 2 aromatic rings. The Labute approximate surface area is 176 Å². The number of nitrogens with one attached hydrogen (secondary N) is 1. The van der Waals surface area contributed by atoms with Crippen LogP contribution >= 0.6 is 35.6 Å². The Balaban J connectivity index is 1.85. The molecule has 1 saturated heterocycles. The normalized spacial score (nSPS) is 15.1. The molecule has 0 radical (unpaired) electrons. The van der Waals surface area contributed by atoms with Gasteiger partial charge in [0.05, 0.1) is 29.7 Å². The number of thiocarbonyl (C=S) groups is 1. The van der Waals surface area contributed by atoms with Crippen LogP contribution in [0, 0.1) is 0 Å². The van der Waals surface area contributed by atoms with Gasteiger partial charge < -0.3 is 9.47 Å². The highest BCUT2D eigenvalue weighted by Crippen LogP contribution is 2.34. The first-order valence-corrected chi connectivity index (χ1v) is 9.60. The first-order valence-electron chi connectivity index (χ1n) is 8.00. The molecule has 28 heavy (non-hydrogen) atoms. The van der Waals surface area contributed by atoms with Gasteiger partial charge in [-0.15, -0.1) is 0 Å². The average Bonchev–Trinajstić information content (AvgIpc) is 2.95. The Morgan fingerprint density at radius 3 is 2.64 bits per heavy atom. The van der Waals surface area contributed by atoms with Gasteiger partial charge in [-0.05, 0) is 48.6 Å². The topological polar surface area (TPSA) is 67.9 Å². The third-order valence-corrected chi connectivity index (χ3v) is 5.48. The van der Waals surface area contributed by atoms with Gasteiger partial charge in [0, 0.05) is 5.56 Å². The van der Waals surface area contributed by atoms with Crippen LogP contribution in [0.5, 0.6) is 11.5 Å². The van der Waals surface area contributed by atoms with Gasteiger partial charge in [0.2, 0.25) is 0 Å². The molecule has 2 aromatic carbocycles. The van der Waals surface area contributed by atoms with Crippen LogP contribution in [-0.4, -0.2) is 35.4 Å². The van der Waals surface area contributed by atoms with E-state index in [0.29, 0.717) is 22.0 Å². The first-order chi connectivity index (χ1) is 13.4. The van der Waals surface area contributed by atoms with Gasteiger partial charge in [0.25, 0.3) is 11.8 Å². The van der Waals surface area contributed by atoms with E-state index in [2.05, 4.69) is 5.43 Å². The molecule has 1 aliphatic heterocycles. The number of carbonyl (C=O) groups is 2. The van der Waals surface area contributed by atoms with Crippen molar-refractivity contribution >= 4 is 57.8 Å². The lowest BCUT2D eigenvalue weighted by atomic mass is 10.1. The molecule has 144 valence electrons. The number of thioether (sulfide) groups is 1. The van der Waals surface area contributed by atoms with E-state index < -0.39 is 11.8 Å². The minimum Gasteiger partial charge on any atom is -0.497 e. The number of benzene rings is 2. The zero-order valence-electron chi connectivity index (χ0n) is 14.9. The van der Waals surface area contributed by atoms with Gasteiger partial charge in [-0.3, -0.25) is 15.0 Å². The summed E-state index contributed by atoms with van der Waals surface area (Å²) in [5, 5.41) is 1.31. The molecule has 0 atom stereocenters. The van der Waals surface area contributed by atoms with Gasteiger partial charge in [0.15, 0.2) is 4.32 Å². The molecule has 0 aromatic heterocycles. The van der Waals surface area contributed by atoms with E-state index in [4.69, 9.17) is 33.3 Å². The summed E-state index contributed by atoms with van der Waals surface area (Å²) in [5.74, 6) is 0.225. The number of hydrazine groups is 1. The predicted octanol–water partition coefficient (Wildman–Crippen LogP) is 3.90. The van der Waals surface area contributed by atoms with Gasteiger partial charge >= 0.3 is 0 Å². The zero-order chi connectivity index (χ0) is 20.3. The van der Waals surface area contributed by atoms with Crippen LogP contribution in [-0.2, 0) is 4.79 Å². The molecular weight excluding hydrogens is 420 g/mol. The standard InChI is InChI=1S/C19H15ClN2O4S2/c1-25-12-7-8-15(26-2)11(9-12)10-16-18(24)22(19(27)28-16)21-17(23)13-5-3-4-6-14(13)20/h3-10H,1-2H3,(H,21,23)/b16-10+. The highest BCUT2D eigenvalue weighted by Gasteiger charge is 2.34. The van der Waals surface area contributed by atoms with E-state index in [9.17, 15) is 9.59 Å². The first kappa shape index (κ1) is 20.2. The van der Waals surface area contributed by atoms with E-state index >= 15 is 0 Å². The maximum atomic E-state index is 12.8. The third kappa shape index (κ3) is 4.14. The van der Waals surface area contributed by atoms with Crippen LogP contribution in [0.25, 0.3) is 6.08 Å². The average molecular weight is 435 g/mol. The van der Waals surface area contributed by atoms with Crippen molar-refractivity contribution in [2.24, 2.45) is 0 Å². The second kappa shape index (κ2) is 8.64. The minimum atomic E-state index is -0.526. The van der Waals surface area contributed by atoms with Gasteiger partial charge in [0.1, 0.15) is 11.5 Å². The number of hydrogen-bond acceptors (Lipinski definition) is 6. The molecule has 0 unspecified atom stereocenters. The van der Waals surface area contributed by atoms with Gasteiger partial charge in [-0.2, -0.15) is 5.01 Å². The summed E-state index contributed by atoms with van der Waals surface area (Å²) in [4.78, 5) is 25.5. The van der Waals surface area contributed by atoms with Crippen LogP contribution < -0.4 is 14.9 Å². The second-order valence-electron chi connectivity index (χ2n) is 5.55. The van der Waals surface area contributed by atoms with Crippen molar-refractivity contribution in [3.63, 3.8) is 0 Å². The Hall–Kier alpha value is -2.55. The Kier molecular flexibility index (Phi) is 6.23. The zero-order valence-corrected chi connectivity index (χ0v) is 17.3. The summed E-state index contributed by atoms with van der Waals surface area (Å²) in [5.41, 5.74) is 3.40. The maximum absolute atomic E-state index is 12.8. The molecule has 0 spiro atoms. The Bertz CT molecular complexity index is 994. The molecular formula is C19H15ClN2O4S2. The number of ether oxygens (including phenoxy) is 2. The summed E-state index contributed by atoms with van der Waals surface area (Å²) in [6.07, 6.45) is 1.64. The van der Waals surface area contributed by atoms with Crippen LogP contribution in [0.15, 0.2) is 47.4 Å². The number of nitrogens with zero attached hydrogens (tertiary/aromatic N) is 1. The predicted molar refractivity (Wildman–Crippen MR) is 113 cm³/mol. The van der Waals surface area contributed by atoms with Gasteiger partial charge in [-0.1, -0.05) is 35.5 Å². The van der Waals surface area contributed by atoms with E-state index in [0.717, 1.165) is 16.8 Å². The van der Waals surface area contributed by atoms with E-state index in [-0.39, 0.29) is 14.9 Å². The molecule has 0 aliphatic carbocycles. The van der Waals surface area contributed by atoms with Crippen molar-refractivity contribution in [2.75, 3.05) is 14.2 Å². The van der Waals surface area contributed by atoms with Gasteiger partial charge in [-0.25, -0.2) is 0 Å². The van der Waals surface area contributed by atoms with Crippen molar-refractivity contribution < 1.29 is 19.1 Å². The molecule has 0 bridgehead atoms. The molecule has 0 saturated carbocycles. The Morgan fingerprint density at radius 1 is 1.21 bits per heavy atom. The molecule has 9 heteroatoms. The minimum absolute atomic E-state index is 0.207. The molecule has 1 aliphatic rings. The summed E-state index contributed by atoms with van der Waals surface area (Å²) < 4.78 is 10.8. The van der Waals surface area contributed by atoms with Crippen LogP contribution in [0.2, 0.25) is 5.02 Å². The highest BCUT2D eigenvalue weighted by molar-refractivity contribution is 8.26. The third-order valence-electron chi connectivity index (χ3n) is 3.85. The van der Waals surface area contributed by atoms with E-state index in [1.165, 1.54) is 7.11 Å². The van der Waals surface area contributed by atoms with Crippen molar-refractivity contribution in [1.29, 1.82) is 0 Å². The quantitative estimate of drug-likeness (QED) is 0.568. The number of methoxy groups -OCH3 is 2. The molecule has 2 amide bonds. The molecule has 6 nitrogen and oxygen atoms in total. The van der Waals surface area contributed by atoms with Crippen LogP contribution in [0.4, 0.5) is 0 Å². The summed E-state index contributed by atoms with van der Waals surface area (Å²) in [7, 11) is 3.09. The number of carbonyl (C=O) groups excluding carboxylic acids is 2. The second-order valence-corrected chi connectivity index (χ2v) is 7.63. The van der Waals surface area contributed by atoms with Crippen molar-refractivity contribution in [3.8, 4) is 11.5 Å². The van der Waals surface area contributed by atoms with Crippen LogP contribution in [0.1, 0.15) is 15.9 Å². The highest BCUT2D eigenvalue weighted by atomic mass is 35.5. The molecule has 1 N–H and O–H groups in total. The molecule has 1 heterocycles. The lowest BCUT2D eigenvalue weighted by Gasteiger charge is -2.16. The smallest absolute Gasteiger partial charge is 0.285 e. The summed E-state index contributed by atoms with van der Waals surface area (Å²) >= 11 is 12.4. The van der Waals surface area contributed by atoms with Crippen molar-refractivity contribution in [2.45, 2.75) is 0 Å². The molecule has 3 rings (SSSR count). The lowest BCUT2D eigenvalue weighted by molar-refractivity contribution is -0.123. The fourth-order valence-corrected chi connectivity index (χ4v) is 3.86. The maximum Gasteiger partial charge on any atom is 0.285 e. The van der Waals surface area contributed by atoms with Crippen LogP contribution in [0.3, 0.4) is 0 Å². The van der Waals surface area contributed by atoms with Crippen molar-refractivity contribution in [1.82, 2.24) is 10.4 Å². The SMILES string of the molecule is COc1ccc(OC)c(/C=C2/SC(=S)N(NC(=O)c3ccccc3Cl)C2=O)c1.